The van der Waals surface area contributed by atoms with E-state index in [-0.39, 0.29) is 55.1 Å². The Morgan fingerprint density at radius 2 is 1.87 bits per heavy atom. The fraction of sp³-hybridized carbons (Fsp3) is 0.409. The number of aryl methyl sites for hydroxylation is 2. The van der Waals surface area contributed by atoms with Crippen molar-refractivity contribution in [1.29, 1.82) is 0 Å². The van der Waals surface area contributed by atoms with Crippen LogP contribution in [0.25, 0.3) is 11.2 Å². The number of benzene rings is 2. The number of thioether (sulfide) groups is 1. The van der Waals surface area contributed by atoms with E-state index in [9.17, 15) is 18.8 Å². The smallest absolute Gasteiger partial charge is 0.407 e. The van der Waals surface area contributed by atoms with Crippen molar-refractivity contribution < 1.29 is 41.9 Å². The number of imidazole rings is 1. The molecule has 5 aromatic rings. The van der Waals surface area contributed by atoms with Gasteiger partial charge in [-0.25, -0.2) is 32.8 Å². The van der Waals surface area contributed by atoms with E-state index >= 15 is 8.78 Å². The van der Waals surface area contributed by atoms with Crippen molar-refractivity contribution >= 4 is 63.5 Å². The van der Waals surface area contributed by atoms with Crippen LogP contribution in [0.5, 0.6) is 5.88 Å². The topological polar surface area (TPSA) is 198 Å². The number of rotatable bonds is 17. The second-order valence-corrected chi connectivity index (χ2v) is 17.9. The molecule has 7 rings (SSSR count). The summed E-state index contributed by atoms with van der Waals surface area (Å²) in [4.78, 5) is 58.9. The lowest BCUT2D eigenvalue weighted by molar-refractivity contribution is -0.117. The molecule has 67 heavy (non-hydrogen) atoms. The number of alkyl halides is 1. The van der Waals surface area contributed by atoms with Gasteiger partial charge in [-0.2, -0.15) is 20.1 Å². The molecule has 2 aliphatic heterocycles. The first-order valence-electron chi connectivity index (χ1n) is 21.3. The van der Waals surface area contributed by atoms with Crippen molar-refractivity contribution in [2.45, 2.75) is 69.3 Å². The molecule has 5 heterocycles. The van der Waals surface area contributed by atoms with Crippen molar-refractivity contribution in [1.82, 2.24) is 50.0 Å². The summed E-state index contributed by atoms with van der Waals surface area (Å²) in [6.07, 6.45) is 3.35. The lowest BCUT2D eigenvalue weighted by Gasteiger charge is -2.37. The molecule has 2 aliphatic rings. The van der Waals surface area contributed by atoms with Gasteiger partial charge in [-0.3, -0.25) is 14.3 Å². The number of hydroxylamine groups is 2. The zero-order chi connectivity index (χ0) is 48.0. The van der Waals surface area contributed by atoms with Gasteiger partial charge in [0.05, 0.1) is 38.8 Å². The van der Waals surface area contributed by atoms with Crippen LogP contribution in [0.1, 0.15) is 51.2 Å². The van der Waals surface area contributed by atoms with Crippen molar-refractivity contribution in [3.63, 3.8) is 0 Å². The van der Waals surface area contributed by atoms with Crippen LogP contribution in [-0.2, 0) is 32.8 Å². The highest BCUT2D eigenvalue weighted by atomic mass is 32.2. The number of halogens is 3. The minimum absolute atomic E-state index is 0.0435. The minimum Gasteiger partial charge on any atom is -0.478 e. The highest BCUT2D eigenvalue weighted by Gasteiger charge is 2.50. The van der Waals surface area contributed by atoms with E-state index in [4.69, 9.17) is 19.3 Å². The van der Waals surface area contributed by atoms with Gasteiger partial charge in [0.15, 0.2) is 17.0 Å². The van der Waals surface area contributed by atoms with E-state index in [0.717, 1.165) is 41.1 Å². The predicted octanol–water partition coefficient (Wildman–Crippen LogP) is 6.36. The van der Waals surface area contributed by atoms with Crippen LogP contribution < -0.4 is 25.6 Å². The minimum atomic E-state index is -1.36. The normalized spacial score (nSPS) is 18.2. The average Bonchev–Trinajstić information content (AvgIpc) is 4.08. The Morgan fingerprint density at radius 1 is 1.09 bits per heavy atom. The first-order valence-corrected chi connectivity index (χ1v) is 22.2. The van der Waals surface area contributed by atoms with E-state index in [1.54, 1.807) is 66.6 Å². The Balaban J connectivity index is 1.05. The van der Waals surface area contributed by atoms with Crippen LogP contribution in [0.3, 0.4) is 0 Å². The van der Waals surface area contributed by atoms with Crippen LogP contribution in [0.4, 0.5) is 40.2 Å². The second kappa shape index (κ2) is 20.3. The van der Waals surface area contributed by atoms with E-state index in [2.05, 4.69) is 42.7 Å². The molecule has 1 fully saturated rings. The number of hydrogen-bond donors (Lipinski definition) is 3. The molecule has 0 spiro atoms. The quantitative estimate of drug-likeness (QED) is 0.0529. The number of hydrogen-bond acceptors (Lipinski definition) is 14. The molecule has 19 nitrogen and oxygen atoms in total. The van der Waals surface area contributed by atoms with Crippen molar-refractivity contribution in [3.05, 3.63) is 96.5 Å². The number of urea groups is 1. The fourth-order valence-corrected chi connectivity index (χ4v) is 8.82. The van der Waals surface area contributed by atoms with E-state index in [0.29, 0.717) is 47.6 Å². The van der Waals surface area contributed by atoms with Crippen LogP contribution in [-0.4, -0.2) is 121 Å². The van der Waals surface area contributed by atoms with Gasteiger partial charge in [-0.1, -0.05) is 48.7 Å². The van der Waals surface area contributed by atoms with Gasteiger partial charge < -0.3 is 34.9 Å². The molecule has 4 amide bonds. The number of anilines is 3. The summed E-state index contributed by atoms with van der Waals surface area (Å²) in [5.41, 5.74) is 1.20. The summed E-state index contributed by atoms with van der Waals surface area (Å²) in [5.74, 6) is -1.09. The number of amides is 4. The SMILES string of the molecule is C=CC(=O)N[C@@H]1CN(c2nc(Nc3cn(CCCON(C)C(=O)N4N=C(c5cc(F)ccc5F)S[C@@]4(CCCNC(=O)OC(C)(C)C)c4ccccc4)nc3OC)c3ncn(C)c3n2)C[C@H]1F. The molecule has 0 saturated carbocycles. The number of nitrogens with zero attached hydrogens (tertiary/aromatic N) is 10. The Kier molecular flexibility index (Phi) is 14.6. The summed E-state index contributed by atoms with van der Waals surface area (Å²) in [5, 5.41) is 20.1. The van der Waals surface area contributed by atoms with Gasteiger partial charge in [0.1, 0.15) is 39.0 Å². The zero-order valence-corrected chi connectivity index (χ0v) is 38.6. The third-order valence-corrected chi connectivity index (χ3v) is 12.0. The van der Waals surface area contributed by atoms with Crippen molar-refractivity contribution in [2.24, 2.45) is 12.1 Å². The van der Waals surface area contributed by atoms with E-state index in [1.165, 1.54) is 19.2 Å². The zero-order valence-electron chi connectivity index (χ0n) is 37.8. The van der Waals surface area contributed by atoms with Crippen molar-refractivity contribution in [3.8, 4) is 5.88 Å². The van der Waals surface area contributed by atoms with Gasteiger partial charge in [-0.05, 0) is 69.9 Å². The standard InChI is InChI=1S/C44H52F3N13O6S/c1-8-34(61)50-32-24-58(23-31(32)47)40-52-36(35-37(53-40)56(5)26-49-35)51-33-25-59(54-38(33)64-7)20-13-21-65-57(6)42(63)60-44(27-14-10-9-11-15-27,18-12-19-48-41(62)66-43(2,3)4)67-39(55-60)29-22-28(45)16-17-30(29)46/h8-11,14-17,22,25-26,31-32H,1,12-13,18-21,23-24H2,2-7H3,(H,48,62)(H,50,61)(H,51,52,53)/t31-,32-,44+/m1/s1. The Hall–Kier alpha value is -6.88. The Labute approximate surface area is 388 Å². The summed E-state index contributed by atoms with van der Waals surface area (Å²) in [7, 11) is 4.67. The van der Waals surface area contributed by atoms with Gasteiger partial charge in [0.2, 0.25) is 11.9 Å². The third-order valence-electron chi connectivity index (χ3n) is 10.6. The maximum Gasteiger partial charge on any atom is 0.407 e. The largest absolute Gasteiger partial charge is 0.478 e. The van der Waals surface area contributed by atoms with Gasteiger partial charge >= 0.3 is 12.1 Å². The summed E-state index contributed by atoms with van der Waals surface area (Å²) >= 11 is 1.10. The highest BCUT2D eigenvalue weighted by Crippen LogP contribution is 2.51. The Bertz CT molecular complexity index is 2640. The molecule has 3 N–H and O–H groups in total. The molecule has 0 radical (unpaired) electrons. The number of methoxy groups -OCH3 is 1. The fourth-order valence-electron chi connectivity index (χ4n) is 7.40. The van der Waals surface area contributed by atoms with Crippen LogP contribution >= 0.6 is 11.8 Å². The number of carbonyl (C=O) groups is 3. The van der Waals surface area contributed by atoms with Gasteiger partial charge in [0, 0.05) is 39.3 Å². The molecule has 0 unspecified atom stereocenters. The third kappa shape index (κ3) is 11.1. The maximum atomic E-state index is 15.3. The second-order valence-electron chi connectivity index (χ2n) is 16.7. The Morgan fingerprint density at radius 3 is 2.60 bits per heavy atom. The molecule has 0 aliphatic carbocycles. The number of ether oxygens (including phenoxy) is 2. The first kappa shape index (κ1) is 48.1. The molecule has 0 bridgehead atoms. The molecule has 2 aromatic carbocycles. The van der Waals surface area contributed by atoms with Crippen LogP contribution in [0.15, 0.2) is 78.8 Å². The molecule has 3 aromatic heterocycles. The number of fused-ring (bicyclic) bond motifs is 1. The summed E-state index contributed by atoms with van der Waals surface area (Å²) in [6.45, 7) is 9.35. The highest BCUT2D eigenvalue weighted by molar-refractivity contribution is 8.15. The summed E-state index contributed by atoms with van der Waals surface area (Å²) < 4.78 is 59.1. The van der Waals surface area contributed by atoms with Crippen LogP contribution in [0, 0.1) is 11.6 Å². The lowest BCUT2D eigenvalue weighted by atomic mass is 10.0. The molecular formula is C44H52F3N13O6S. The monoisotopic (exact) mass is 947 g/mol. The first-order chi connectivity index (χ1) is 32.0. The molecular weight excluding hydrogens is 896 g/mol. The van der Waals surface area contributed by atoms with Crippen LogP contribution in [0.2, 0.25) is 0 Å². The lowest BCUT2D eigenvalue weighted by Crippen LogP contribution is -2.47. The number of aromatic nitrogens is 6. The molecule has 356 valence electrons. The summed E-state index contributed by atoms with van der Waals surface area (Å²) in [6, 6.07) is 10.6. The van der Waals surface area contributed by atoms with Gasteiger partial charge in [-0.15, -0.1) is 5.10 Å². The molecule has 1 saturated heterocycles. The molecule has 3 atom stereocenters. The number of carbonyl (C=O) groups excluding carboxylic acids is 3. The van der Waals surface area contributed by atoms with Gasteiger partial charge in [0.25, 0.3) is 5.88 Å². The molecule has 23 heteroatoms. The average molecular weight is 948 g/mol. The predicted molar refractivity (Wildman–Crippen MR) is 245 cm³/mol. The van der Waals surface area contributed by atoms with E-state index in [1.807, 2.05) is 18.2 Å². The number of nitrogens with one attached hydrogen (secondary N) is 3. The van der Waals surface area contributed by atoms with E-state index < -0.39 is 52.4 Å². The number of alkyl carbamates (subject to hydrolysis) is 1. The number of hydrazone groups is 1. The van der Waals surface area contributed by atoms with Crippen molar-refractivity contribution in [2.75, 3.05) is 50.6 Å². The maximum absolute atomic E-state index is 15.3.